The molecule has 0 aliphatic heterocycles. The van der Waals surface area contributed by atoms with Crippen LogP contribution in [0.1, 0.15) is 11.4 Å². The van der Waals surface area contributed by atoms with E-state index in [0.717, 1.165) is 11.4 Å². The van der Waals surface area contributed by atoms with E-state index in [0.29, 0.717) is 19.6 Å². The number of imidazole rings is 1. The molecule has 2 aromatic heterocycles. The third-order valence-electron chi connectivity index (χ3n) is 2.70. The zero-order chi connectivity index (χ0) is 13.5. The molecule has 0 unspecified atom stereocenters. The van der Waals surface area contributed by atoms with Gasteiger partial charge in [-0.05, 0) is 12.1 Å². The number of aromatic nitrogens is 3. The highest BCUT2D eigenvalue weighted by atomic mass is 16.2. The minimum absolute atomic E-state index is 0.0329. The summed E-state index contributed by atoms with van der Waals surface area (Å²) in [5.74, 6) is 0.0329. The average Bonchev–Trinajstić information content (AvgIpc) is 2.92. The second-order valence-electron chi connectivity index (χ2n) is 4.25. The molecule has 0 radical (unpaired) electrons. The largest absolute Gasteiger partial charge is 0.347 e. The Labute approximate surface area is 111 Å². The van der Waals surface area contributed by atoms with Gasteiger partial charge in [0.05, 0.1) is 30.8 Å². The number of aromatic amines is 1. The van der Waals surface area contributed by atoms with Crippen LogP contribution in [-0.2, 0) is 17.9 Å². The van der Waals surface area contributed by atoms with Gasteiger partial charge in [-0.25, -0.2) is 4.98 Å². The first-order chi connectivity index (χ1) is 9.25. The van der Waals surface area contributed by atoms with Gasteiger partial charge >= 0.3 is 0 Å². The van der Waals surface area contributed by atoms with Crippen LogP contribution in [0.25, 0.3) is 0 Å². The summed E-state index contributed by atoms with van der Waals surface area (Å²) in [5, 5.41) is 3.08. The van der Waals surface area contributed by atoms with E-state index in [2.05, 4.69) is 20.3 Å². The molecule has 0 saturated carbocycles. The van der Waals surface area contributed by atoms with Gasteiger partial charge in [0.2, 0.25) is 5.91 Å². The third-order valence-corrected chi connectivity index (χ3v) is 2.70. The Hall–Kier alpha value is -2.21. The fourth-order valence-electron chi connectivity index (χ4n) is 1.65. The van der Waals surface area contributed by atoms with E-state index in [1.807, 2.05) is 18.2 Å². The van der Waals surface area contributed by atoms with Crippen molar-refractivity contribution >= 4 is 5.91 Å². The Kier molecular flexibility index (Phi) is 4.63. The second-order valence-corrected chi connectivity index (χ2v) is 4.25. The first-order valence-corrected chi connectivity index (χ1v) is 6.07. The summed E-state index contributed by atoms with van der Waals surface area (Å²) in [6.07, 6.45) is 5.06. The van der Waals surface area contributed by atoms with Gasteiger partial charge in [0, 0.05) is 26.0 Å². The molecule has 19 heavy (non-hydrogen) atoms. The van der Waals surface area contributed by atoms with E-state index < -0.39 is 0 Å². The highest BCUT2D eigenvalue weighted by Crippen LogP contribution is 1.97. The Morgan fingerprint density at radius 3 is 3.05 bits per heavy atom. The smallest absolute Gasteiger partial charge is 0.236 e. The molecule has 2 heterocycles. The molecular formula is C13H17N5O. The van der Waals surface area contributed by atoms with E-state index in [4.69, 9.17) is 0 Å². The number of hydrogen-bond donors (Lipinski definition) is 2. The molecule has 0 saturated heterocycles. The van der Waals surface area contributed by atoms with Crippen molar-refractivity contribution < 1.29 is 4.79 Å². The lowest BCUT2D eigenvalue weighted by molar-refractivity contribution is -0.129. The van der Waals surface area contributed by atoms with Gasteiger partial charge in [0.15, 0.2) is 0 Å². The molecule has 2 aromatic rings. The number of carbonyl (C=O) groups excluding carboxylic acids is 1. The molecule has 2 rings (SSSR count). The topological polar surface area (TPSA) is 73.9 Å². The SMILES string of the molecule is CN(Cc1cnc[nH]1)C(=O)CNCc1ccccn1. The molecular weight excluding hydrogens is 242 g/mol. The predicted octanol–water partition coefficient (Wildman–Crippen LogP) is 0.553. The number of carbonyl (C=O) groups is 1. The van der Waals surface area contributed by atoms with Crippen LogP contribution in [0.2, 0.25) is 0 Å². The molecule has 0 aromatic carbocycles. The van der Waals surface area contributed by atoms with Gasteiger partial charge in [-0.2, -0.15) is 0 Å². The standard InChI is InChI=1S/C13H17N5O/c1-18(9-12-7-15-10-17-12)13(19)8-14-6-11-4-2-3-5-16-11/h2-5,7,10,14H,6,8-9H2,1H3,(H,15,17). The average molecular weight is 259 g/mol. The summed E-state index contributed by atoms with van der Waals surface area (Å²) in [5.41, 5.74) is 1.84. The van der Waals surface area contributed by atoms with Crippen LogP contribution < -0.4 is 5.32 Å². The van der Waals surface area contributed by atoms with Crippen LogP contribution >= 0.6 is 0 Å². The first-order valence-electron chi connectivity index (χ1n) is 6.07. The first kappa shape index (κ1) is 13.2. The molecule has 2 N–H and O–H groups in total. The van der Waals surface area contributed by atoms with Crippen LogP contribution in [0.15, 0.2) is 36.9 Å². The molecule has 0 atom stereocenters. The summed E-state index contributed by atoms with van der Waals surface area (Å²) in [6.45, 7) is 1.41. The molecule has 1 amide bonds. The monoisotopic (exact) mass is 259 g/mol. The van der Waals surface area contributed by atoms with Gasteiger partial charge in [0.1, 0.15) is 0 Å². The van der Waals surface area contributed by atoms with Gasteiger partial charge in [-0.1, -0.05) is 6.07 Å². The highest BCUT2D eigenvalue weighted by Gasteiger charge is 2.09. The third kappa shape index (κ3) is 4.18. The number of nitrogens with one attached hydrogen (secondary N) is 2. The van der Waals surface area contributed by atoms with Crippen molar-refractivity contribution in [3.8, 4) is 0 Å². The Balaban J connectivity index is 1.72. The molecule has 0 aliphatic carbocycles. The lowest BCUT2D eigenvalue weighted by Gasteiger charge is -2.16. The summed E-state index contributed by atoms with van der Waals surface area (Å²) in [4.78, 5) is 24.6. The van der Waals surface area contributed by atoms with Crippen molar-refractivity contribution in [2.24, 2.45) is 0 Å². The van der Waals surface area contributed by atoms with Gasteiger partial charge < -0.3 is 15.2 Å². The number of rotatable bonds is 6. The van der Waals surface area contributed by atoms with Crippen molar-refractivity contribution in [3.05, 3.63) is 48.3 Å². The van der Waals surface area contributed by atoms with Crippen LogP contribution in [-0.4, -0.2) is 39.4 Å². The molecule has 6 heteroatoms. The maximum Gasteiger partial charge on any atom is 0.236 e. The van der Waals surface area contributed by atoms with Crippen molar-refractivity contribution in [3.63, 3.8) is 0 Å². The molecule has 0 spiro atoms. The minimum Gasteiger partial charge on any atom is -0.347 e. The maximum atomic E-state index is 11.9. The lowest BCUT2D eigenvalue weighted by Crippen LogP contribution is -2.35. The van der Waals surface area contributed by atoms with E-state index >= 15 is 0 Å². The van der Waals surface area contributed by atoms with Crippen LogP contribution in [0.5, 0.6) is 0 Å². The van der Waals surface area contributed by atoms with Gasteiger partial charge in [-0.15, -0.1) is 0 Å². The van der Waals surface area contributed by atoms with Crippen LogP contribution in [0.3, 0.4) is 0 Å². The van der Waals surface area contributed by atoms with Gasteiger partial charge in [0.25, 0.3) is 0 Å². The summed E-state index contributed by atoms with van der Waals surface area (Å²) >= 11 is 0. The molecule has 100 valence electrons. The van der Waals surface area contributed by atoms with E-state index in [-0.39, 0.29) is 5.91 Å². The van der Waals surface area contributed by atoms with Gasteiger partial charge in [-0.3, -0.25) is 9.78 Å². The van der Waals surface area contributed by atoms with E-state index in [1.54, 1.807) is 30.7 Å². The molecule has 0 aliphatic rings. The zero-order valence-electron chi connectivity index (χ0n) is 10.8. The molecule has 6 nitrogen and oxygen atoms in total. The van der Waals surface area contributed by atoms with Crippen molar-refractivity contribution in [2.45, 2.75) is 13.1 Å². The van der Waals surface area contributed by atoms with Crippen molar-refractivity contribution in [1.82, 2.24) is 25.2 Å². The summed E-state index contributed by atoms with van der Waals surface area (Å²) in [6, 6.07) is 5.72. The van der Waals surface area contributed by atoms with Crippen molar-refractivity contribution in [2.75, 3.05) is 13.6 Å². The minimum atomic E-state index is 0.0329. The lowest BCUT2D eigenvalue weighted by atomic mass is 10.3. The summed E-state index contributed by atoms with van der Waals surface area (Å²) < 4.78 is 0. The quantitative estimate of drug-likeness (QED) is 0.794. The Morgan fingerprint density at radius 1 is 1.47 bits per heavy atom. The number of pyridine rings is 1. The normalized spacial score (nSPS) is 10.4. The maximum absolute atomic E-state index is 11.9. The predicted molar refractivity (Wildman–Crippen MR) is 71.0 cm³/mol. The van der Waals surface area contributed by atoms with E-state index in [9.17, 15) is 4.79 Å². The molecule has 0 bridgehead atoms. The Morgan fingerprint density at radius 2 is 2.37 bits per heavy atom. The molecule has 0 fully saturated rings. The van der Waals surface area contributed by atoms with Crippen LogP contribution in [0, 0.1) is 0 Å². The number of hydrogen-bond acceptors (Lipinski definition) is 4. The summed E-state index contributed by atoms with van der Waals surface area (Å²) in [7, 11) is 1.77. The number of amides is 1. The highest BCUT2D eigenvalue weighted by molar-refractivity contribution is 5.77. The number of likely N-dealkylation sites (N-methyl/N-ethyl adjacent to an activating group) is 1. The van der Waals surface area contributed by atoms with E-state index in [1.165, 1.54) is 0 Å². The number of H-pyrrole nitrogens is 1. The van der Waals surface area contributed by atoms with Crippen molar-refractivity contribution in [1.29, 1.82) is 0 Å². The fraction of sp³-hybridized carbons (Fsp3) is 0.308. The Bertz CT molecular complexity index is 497. The second kappa shape index (κ2) is 6.65. The van der Waals surface area contributed by atoms with Crippen LogP contribution in [0.4, 0.5) is 0 Å². The number of nitrogens with zero attached hydrogens (tertiary/aromatic N) is 3. The zero-order valence-corrected chi connectivity index (χ0v) is 10.8. The fourth-order valence-corrected chi connectivity index (χ4v) is 1.65.